The van der Waals surface area contributed by atoms with E-state index in [1.54, 1.807) is 12.1 Å². The molecule has 0 amide bonds. The van der Waals surface area contributed by atoms with E-state index in [2.05, 4.69) is 5.32 Å². The molecule has 0 spiro atoms. The zero-order valence-corrected chi connectivity index (χ0v) is 10.1. The number of nitrogens with one attached hydrogen (secondary N) is 1. The van der Waals surface area contributed by atoms with Gasteiger partial charge >= 0.3 is 5.69 Å². The molecule has 6 nitrogen and oxygen atoms in total. The number of para-hydroxylation sites is 1. The second kappa shape index (κ2) is 5.68. The van der Waals surface area contributed by atoms with Gasteiger partial charge in [0.1, 0.15) is 11.4 Å². The zero-order chi connectivity index (χ0) is 13.0. The third-order valence-corrected chi connectivity index (χ3v) is 3.04. The molecule has 1 unspecified atom stereocenters. The number of nitro groups is 1. The van der Waals surface area contributed by atoms with Crippen molar-refractivity contribution in [1.82, 2.24) is 0 Å². The Balaban J connectivity index is 2.04. The first kappa shape index (κ1) is 12.6. The van der Waals surface area contributed by atoms with Gasteiger partial charge in [-0.15, -0.1) is 0 Å². The Kier molecular flexibility index (Phi) is 3.99. The summed E-state index contributed by atoms with van der Waals surface area (Å²) in [6, 6.07) is 4.89. The molecular weight excluding hydrogens is 234 g/mol. The first-order valence-electron chi connectivity index (χ1n) is 6.07. The molecule has 1 heterocycles. The van der Waals surface area contributed by atoms with Gasteiger partial charge in [0.05, 0.1) is 11.0 Å². The van der Waals surface area contributed by atoms with Crippen LogP contribution in [0.25, 0.3) is 0 Å². The van der Waals surface area contributed by atoms with Gasteiger partial charge in [0.25, 0.3) is 0 Å². The zero-order valence-electron chi connectivity index (χ0n) is 10.1. The Morgan fingerprint density at radius 3 is 3.00 bits per heavy atom. The summed E-state index contributed by atoms with van der Waals surface area (Å²) >= 11 is 0. The highest BCUT2D eigenvalue weighted by Gasteiger charge is 2.19. The molecule has 98 valence electrons. The molecule has 1 aromatic rings. The van der Waals surface area contributed by atoms with Crippen molar-refractivity contribution in [3.05, 3.63) is 28.3 Å². The van der Waals surface area contributed by atoms with Gasteiger partial charge in [0, 0.05) is 13.2 Å². The van der Waals surface area contributed by atoms with E-state index in [0.29, 0.717) is 12.2 Å². The molecule has 1 aromatic carbocycles. The molecule has 1 atom stereocenters. The number of rotatable bonds is 4. The topological polar surface area (TPSA) is 90.4 Å². The van der Waals surface area contributed by atoms with E-state index >= 15 is 0 Å². The molecule has 6 heteroatoms. The normalized spacial score (nSPS) is 19.4. The first-order chi connectivity index (χ1) is 8.68. The van der Waals surface area contributed by atoms with Crippen LogP contribution >= 0.6 is 0 Å². The minimum atomic E-state index is -0.459. The van der Waals surface area contributed by atoms with E-state index < -0.39 is 4.92 Å². The highest BCUT2D eigenvalue weighted by atomic mass is 16.6. The minimum Gasteiger partial charge on any atom is -0.393 e. The van der Waals surface area contributed by atoms with Crippen LogP contribution in [0.15, 0.2) is 18.2 Å². The van der Waals surface area contributed by atoms with Gasteiger partial charge in [-0.2, -0.15) is 0 Å². The van der Waals surface area contributed by atoms with Gasteiger partial charge in [0.15, 0.2) is 0 Å². The fourth-order valence-corrected chi connectivity index (χ4v) is 2.10. The largest absolute Gasteiger partial charge is 0.393 e. The molecule has 0 aliphatic carbocycles. The van der Waals surface area contributed by atoms with Crippen LogP contribution in [0.3, 0.4) is 0 Å². The quantitative estimate of drug-likeness (QED) is 0.486. The molecule has 3 N–H and O–H groups in total. The number of anilines is 2. The van der Waals surface area contributed by atoms with E-state index in [9.17, 15) is 10.1 Å². The lowest BCUT2D eigenvalue weighted by Crippen LogP contribution is -2.27. The van der Waals surface area contributed by atoms with Crippen LogP contribution in [0, 0.1) is 10.1 Å². The fraction of sp³-hybridized carbons (Fsp3) is 0.500. The van der Waals surface area contributed by atoms with Crippen molar-refractivity contribution in [1.29, 1.82) is 0 Å². The van der Waals surface area contributed by atoms with Crippen molar-refractivity contribution in [3.63, 3.8) is 0 Å². The number of hydrogen-bond donors (Lipinski definition) is 2. The number of benzene rings is 1. The molecule has 1 aliphatic heterocycles. The van der Waals surface area contributed by atoms with Gasteiger partial charge in [-0.05, 0) is 31.4 Å². The van der Waals surface area contributed by atoms with Crippen molar-refractivity contribution in [3.8, 4) is 0 Å². The third kappa shape index (κ3) is 2.89. The van der Waals surface area contributed by atoms with Crippen LogP contribution in [0.2, 0.25) is 0 Å². The predicted molar refractivity (Wildman–Crippen MR) is 69.6 cm³/mol. The molecule has 1 fully saturated rings. The lowest BCUT2D eigenvalue weighted by Gasteiger charge is -2.23. The average Bonchev–Trinajstić information content (AvgIpc) is 2.37. The summed E-state index contributed by atoms with van der Waals surface area (Å²) in [5, 5.41) is 14.0. The molecule has 0 bridgehead atoms. The number of nitrogen functional groups attached to an aromatic ring is 1. The Labute approximate surface area is 105 Å². The number of hydrogen-bond acceptors (Lipinski definition) is 5. The van der Waals surface area contributed by atoms with Crippen LogP contribution in [0.5, 0.6) is 0 Å². The summed E-state index contributed by atoms with van der Waals surface area (Å²) in [6.45, 7) is 1.34. The van der Waals surface area contributed by atoms with Crippen molar-refractivity contribution in [2.45, 2.75) is 25.4 Å². The van der Waals surface area contributed by atoms with Crippen LogP contribution < -0.4 is 11.1 Å². The lowest BCUT2D eigenvalue weighted by atomic mass is 10.1. The van der Waals surface area contributed by atoms with Crippen LogP contribution in [0.1, 0.15) is 19.3 Å². The molecule has 0 saturated carbocycles. The predicted octanol–water partition coefficient (Wildman–Crippen LogP) is 2.16. The van der Waals surface area contributed by atoms with E-state index in [-0.39, 0.29) is 17.5 Å². The van der Waals surface area contributed by atoms with Crippen molar-refractivity contribution in [2.24, 2.45) is 0 Å². The van der Waals surface area contributed by atoms with Crippen LogP contribution in [0.4, 0.5) is 17.1 Å². The minimum absolute atomic E-state index is 0.0618. The summed E-state index contributed by atoms with van der Waals surface area (Å²) < 4.78 is 5.57. The summed E-state index contributed by atoms with van der Waals surface area (Å²) in [5.74, 6) is 0. The highest BCUT2D eigenvalue weighted by molar-refractivity contribution is 5.74. The smallest absolute Gasteiger partial charge is 0.314 e. The Morgan fingerprint density at radius 1 is 1.50 bits per heavy atom. The van der Waals surface area contributed by atoms with Crippen molar-refractivity contribution in [2.75, 3.05) is 24.2 Å². The third-order valence-electron chi connectivity index (χ3n) is 3.04. The molecule has 1 aliphatic rings. The van der Waals surface area contributed by atoms with Gasteiger partial charge in [0.2, 0.25) is 0 Å². The maximum absolute atomic E-state index is 10.9. The monoisotopic (exact) mass is 251 g/mol. The summed E-state index contributed by atoms with van der Waals surface area (Å²) in [5.41, 5.74) is 6.18. The van der Waals surface area contributed by atoms with E-state index in [1.165, 1.54) is 6.07 Å². The second-order valence-electron chi connectivity index (χ2n) is 4.37. The maximum atomic E-state index is 10.9. The summed E-state index contributed by atoms with van der Waals surface area (Å²) in [6.07, 6.45) is 3.35. The van der Waals surface area contributed by atoms with E-state index in [4.69, 9.17) is 10.5 Å². The van der Waals surface area contributed by atoms with Crippen LogP contribution in [-0.2, 0) is 4.74 Å². The summed E-state index contributed by atoms with van der Waals surface area (Å²) in [7, 11) is 0. The molecule has 18 heavy (non-hydrogen) atoms. The molecule has 0 aromatic heterocycles. The molecule has 1 saturated heterocycles. The van der Waals surface area contributed by atoms with Gasteiger partial charge in [-0.25, -0.2) is 0 Å². The number of nitrogens with zero attached hydrogens (tertiary/aromatic N) is 1. The number of ether oxygens (including phenoxy) is 1. The second-order valence-corrected chi connectivity index (χ2v) is 4.37. The van der Waals surface area contributed by atoms with Crippen molar-refractivity contribution < 1.29 is 9.66 Å². The average molecular weight is 251 g/mol. The van der Waals surface area contributed by atoms with Gasteiger partial charge < -0.3 is 15.8 Å². The lowest BCUT2D eigenvalue weighted by molar-refractivity contribution is -0.383. The Morgan fingerprint density at radius 2 is 2.33 bits per heavy atom. The highest BCUT2D eigenvalue weighted by Crippen LogP contribution is 2.30. The maximum Gasteiger partial charge on any atom is 0.314 e. The van der Waals surface area contributed by atoms with E-state index in [0.717, 1.165) is 25.9 Å². The van der Waals surface area contributed by atoms with E-state index in [1.807, 2.05) is 0 Å². The number of nitrogens with two attached hydrogens (primary N) is 1. The summed E-state index contributed by atoms with van der Waals surface area (Å²) in [4.78, 5) is 10.5. The Bertz CT molecular complexity index is 431. The van der Waals surface area contributed by atoms with Gasteiger partial charge in [-0.3, -0.25) is 10.1 Å². The molecule has 2 rings (SSSR count). The Hall–Kier alpha value is -1.82. The SMILES string of the molecule is Nc1cccc(NCC2CCCCO2)c1[N+](=O)[O-]. The molecule has 0 radical (unpaired) electrons. The molecular formula is C12H17N3O3. The van der Waals surface area contributed by atoms with Crippen molar-refractivity contribution >= 4 is 17.1 Å². The standard InChI is InChI=1S/C12H17N3O3/c13-10-5-3-6-11(12(10)15(16)17)14-8-9-4-1-2-7-18-9/h3,5-6,9,14H,1-2,4,7-8,13H2. The van der Waals surface area contributed by atoms with Crippen LogP contribution in [-0.4, -0.2) is 24.2 Å². The van der Waals surface area contributed by atoms with Gasteiger partial charge in [-0.1, -0.05) is 6.07 Å². The first-order valence-corrected chi connectivity index (χ1v) is 6.07. The number of nitro benzene ring substituents is 1. The fourth-order valence-electron chi connectivity index (χ4n) is 2.10.